The van der Waals surface area contributed by atoms with E-state index in [1.807, 2.05) is 25.2 Å². The van der Waals surface area contributed by atoms with E-state index in [0.29, 0.717) is 5.25 Å². The second kappa shape index (κ2) is 8.31. The van der Waals surface area contributed by atoms with E-state index < -0.39 is 7.58 Å². The highest BCUT2D eigenvalue weighted by Crippen LogP contribution is 2.54. The van der Waals surface area contributed by atoms with E-state index in [0.717, 1.165) is 13.2 Å². The lowest BCUT2D eigenvalue weighted by Crippen LogP contribution is -1.94. The summed E-state index contributed by atoms with van der Waals surface area (Å²) in [6.45, 7) is 9.89. The lowest BCUT2D eigenvalue weighted by atomic mass is 10.4. The summed E-state index contributed by atoms with van der Waals surface area (Å²) in [6, 6.07) is 0. The maximum absolute atomic E-state index is 5.46. The van der Waals surface area contributed by atoms with Gasteiger partial charge in [0.2, 0.25) is 7.58 Å². The highest BCUT2D eigenvalue weighted by Gasteiger charge is 2.13. The average molecular weight is 210 g/mol. The summed E-state index contributed by atoms with van der Waals surface area (Å²) in [5.41, 5.74) is 0. The Morgan fingerprint density at radius 3 is 2.00 bits per heavy atom. The Hall–Kier alpha value is 0.700. The molecule has 0 aliphatic rings. The Morgan fingerprint density at radius 2 is 1.67 bits per heavy atom. The van der Waals surface area contributed by atoms with Crippen LogP contribution in [0.15, 0.2) is 0 Å². The monoisotopic (exact) mass is 210 g/mol. The number of rotatable bonds is 7. The first-order valence-electron chi connectivity index (χ1n) is 4.47. The van der Waals surface area contributed by atoms with Gasteiger partial charge in [0.15, 0.2) is 0 Å². The van der Waals surface area contributed by atoms with Crippen molar-refractivity contribution in [2.24, 2.45) is 0 Å². The molecule has 1 unspecified atom stereocenters. The fourth-order valence-corrected chi connectivity index (χ4v) is 3.92. The Labute approximate surface area is 81.1 Å². The lowest BCUT2D eigenvalue weighted by Gasteiger charge is -2.17. The molecule has 0 N–H and O–H groups in total. The molecule has 1 atom stereocenters. The molecule has 0 spiro atoms. The molecule has 0 radical (unpaired) electrons. The number of hydrogen-bond donors (Lipinski definition) is 0. The molecular formula is C8H19O2PS. The second-order valence-electron chi connectivity index (χ2n) is 2.38. The largest absolute Gasteiger partial charge is 0.326 e. The molecule has 0 amide bonds. The minimum absolute atomic E-state index is 0.634. The van der Waals surface area contributed by atoms with Crippen LogP contribution >= 0.6 is 19.0 Å². The summed E-state index contributed by atoms with van der Waals surface area (Å²) in [5, 5.41) is 0.634. The van der Waals surface area contributed by atoms with Crippen molar-refractivity contribution in [2.45, 2.75) is 39.4 Å². The van der Waals surface area contributed by atoms with Crippen LogP contribution in [0, 0.1) is 0 Å². The van der Waals surface area contributed by atoms with Gasteiger partial charge in [0, 0.05) is 5.25 Å². The highest BCUT2D eigenvalue weighted by molar-refractivity contribution is 8.53. The number of hydrogen-bond acceptors (Lipinski definition) is 3. The SMILES string of the molecule is CCOP(OCC)SC(C)CC. The molecule has 0 aromatic carbocycles. The predicted molar refractivity (Wildman–Crippen MR) is 57.5 cm³/mol. The van der Waals surface area contributed by atoms with E-state index in [-0.39, 0.29) is 0 Å². The standard InChI is InChI=1S/C8H19O2PS/c1-5-8(4)12-11(9-6-2)10-7-3/h8H,5-7H2,1-4H3. The molecular weight excluding hydrogens is 191 g/mol. The van der Waals surface area contributed by atoms with Crippen molar-refractivity contribution in [2.75, 3.05) is 13.2 Å². The van der Waals surface area contributed by atoms with Crippen molar-refractivity contribution in [3.8, 4) is 0 Å². The molecule has 0 aromatic rings. The summed E-state index contributed by atoms with van der Waals surface area (Å²) >= 11 is 1.81. The van der Waals surface area contributed by atoms with Crippen molar-refractivity contribution >= 4 is 19.0 Å². The smallest absolute Gasteiger partial charge is 0.238 e. The fraction of sp³-hybridized carbons (Fsp3) is 1.00. The predicted octanol–water partition coefficient (Wildman–Crippen LogP) is 3.82. The average Bonchev–Trinajstić information content (AvgIpc) is 2.05. The Morgan fingerprint density at radius 1 is 1.17 bits per heavy atom. The van der Waals surface area contributed by atoms with Gasteiger partial charge in [-0.3, -0.25) is 0 Å². The molecule has 0 aliphatic carbocycles. The van der Waals surface area contributed by atoms with E-state index in [1.165, 1.54) is 6.42 Å². The zero-order valence-corrected chi connectivity index (χ0v) is 10.1. The first-order chi connectivity index (χ1) is 5.74. The van der Waals surface area contributed by atoms with E-state index >= 15 is 0 Å². The van der Waals surface area contributed by atoms with Gasteiger partial charge in [0.1, 0.15) is 0 Å². The van der Waals surface area contributed by atoms with Gasteiger partial charge in [-0.15, -0.1) is 0 Å². The van der Waals surface area contributed by atoms with E-state index in [4.69, 9.17) is 9.05 Å². The molecule has 0 rings (SSSR count). The van der Waals surface area contributed by atoms with Crippen molar-refractivity contribution in [3.63, 3.8) is 0 Å². The van der Waals surface area contributed by atoms with Gasteiger partial charge in [-0.25, -0.2) is 0 Å². The molecule has 0 saturated heterocycles. The van der Waals surface area contributed by atoms with Gasteiger partial charge < -0.3 is 9.05 Å². The van der Waals surface area contributed by atoms with Crippen LogP contribution in [0.4, 0.5) is 0 Å². The topological polar surface area (TPSA) is 18.5 Å². The highest BCUT2D eigenvalue weighted by atomic mass is 32.7. The summed E-state index contributed by atoms with van der Waals surface area (Å²) in [5.74, 6) is 0. The van der Waals surface area contributed by atoms with E-state index in [2.05, 4.69) is 13.8 Å². The van der Waals surface area contributed by atoms with Crippen LogP contribution in [0.3, 0.4) is 0 Å². The van der Waals surface area contributed by atoms with Gasteiger partial charge in [0.05, 0.1) is 13.2 Å². The maximum Gasteiger partial charge on any atom is 0.238 e. The normalized spacial score (nSPS) is 13.8. The zero-order valence-electron chi connectivity index (χ0n) is 8.37. The van der Waals surface area contributed by atoms with Crippen LogP contribution in [0.25, 0.3) is 0 Å². The molecule has 0 fully saturated rings. The van der Waals surface area contributed by atoms with Gasteiger partial charge in [-0.05, 0) is 20.3 Å². The van der Waals surface area contributed by atoms with Crippen molar-refractivity contribution in [1.82, 2.24) is 0 Å². The van der Waals surface area contributed by atoms with E-state index in [9.17, 15) is 0 Å². The van der Waals surface area contributed by atoms with Crippen molar-refractivity contribution in [3.05, 3.63) is 0 Å². The molecule has 0 bridgehead atoms. The van der Waals surface area contributed by atoms with Crippen molar-refractivity contribution in [1.29, 1.82) is 0 Å². The quantitative estimate of drug-likeness (QED) is 0.595. The van der Waals surface area contributed by atoms with E-state index in [1.54, 1.807) is 0 Å². The zero-order chi connectivity index (χ0) is 9.40. The summed E-state index contributed by atoms with van der Waals surface area (Å²) in [7, 11) is -0.689. The Bertz CT molecular complexity index is 97.1. The summed E-state index contributed by atoms with van der Waals surface area (Å²) in [6.07, 6.45) is 1.17. The molecule has 12 heavy (non-hydrogen) atoms. The third-order valence-corrected chi connectivity index (χ3v) is 5.34. The van der Waals surface area contributed by atoms with Crippen LogP contribution in [0.1, 0.15) is 34.1 Å². The molecule has 0 aromatic heterocycles. The van der Waals surface area contributed by atoms with Gasteiger partial charge in [-0.1, -0.05) is 25.2 Å². The molecule has 0 aliphatic heterocycles. The van der Waals surface area contributed by atoms with Crippen molar-refractivity contribution < 1.29 is 9.05 Å². The van der Waals surface area contributed by atoms with Crippen LogP contribution in [0.2, 0.25) is 0 Å². The van der Waals surface area contributed by atoms with Crippen LogP contribution in [-0.4, -0.2) is 18.5 Å². The van der Waals surface area contributed by atoms with Gasteiger partial charge in [-0.2, -0.15) is 0 Å². The summed E-state index contributed by atoms with van der Waals surface area (Å²) < 4.78 is 10.9. The second-order valence-corrected chi connectivity index (χ2v) is 5.89. The summed E-state index contributed by atoms with van der Waals surface area (Å²) in [4.78, 5) is 0. The minimum Gasteiger partial charge on any atom is -0.326 e. The first-order valence-corrected chi connectivity index (χ1v) is 7.13. The van der Waals surface area contributed by atoms with Gasteiger partial charge >= 0.3 is 0 Å². The Balaban J connectivity index is 3.61. The third kappa shape index (κ3) is 6.24. The molecule has 0 saturated carbocycles. The molecule has 2 nitrogen and oxygen atoms in total. The van der Waals surface area contributed by atoms with Crippen LogP contribution < -0.4 is 0 Å². The van der Waals surface area contributed by atoms with Gasteiger partial charge in [0.25, 0.3) is 0 Å². The third-order valence-electron chi connectivity index (χ3n) is 1.31. The lowest BCUT2D eigenvalue weighted by molar-refractivity contribution is 0.283. The van der Waals surface area contributed by atoms with Crippen LogP contribution in [0.5, 0.6) is 0 Å². The Kier molecular flexibility index (Phi) is 8.79. The van der Waals surface area contributed by atoms with Crippen LogP contribution in [-0.2, 0) is 9.05 Å². The molecule has 74 valence electrons. The molecule has 4 heteroatoms. The maximum atomic E-state index is 5.46. The first kappa shape index (κ1) is 12.7. The fourth-order valence-electron chi connectivity index (χ4n) is 0.530. The minimum atomic E-state index is -0.689. The molecule has 0 heterocycles.